The first-order chi connectivity index (χ1) is 10.3. The second-order valence-corrected chi connectivity index (χ2v) is 6.12. The lowest BCUT2D eigenvalue weighted by Crippen LogP contribution is -2.40. The van der Waals surface area contributed by atoms with Gasteiger partial charge in [-0.1, -0.05) is 18.2 Å². The molecule has 1 aliphatic heterocycles. The predicted molar refractivity (Wildman–Crippen MR) is 82.1 cm³/mol. The van der Waals surface area contributed by atoms with Gasteiger partial charge in [0.2, 0.25) is 5.91 Å². The predicted octanol–water partition coefficient (Wildman–Crippen LogP) is 2.09. The second-order valence-electron chi connectivity index (χ2n) is 6.12. The summed E-state index contributed by atoms with van der Waals surface area (Å²) < 4.78 is 5.88. The van der Waals surface area contributed by atoms with E-state index in [9.17, 15) is 4.79 Å². The van der Waals surface area contributed by atoms with Gasteiger partial charge in [0.25, 0.3) is 0 Å². The highest BCUT2D eigenvalue weighted by Crippen LogP contribution is 2.30. The molecule has 1 heterocycles. The van der Waals surface area contributed by atoms with Crippen molar-refractivity contribution in [3.8, 4) is 5.75 Å². The molecular weight excluding hydrogens is 264 g/mol. The Labute approximate surface area is 126 Å². The largest absolute Gasteiger partial charge is 0.493 e. The van der Waals surface area contributed by atoms with Gasteiger partial charge in [0.15, 0.2) is 0 Å². The molecule has 1 unspecified atom stereocenters. The van der Waals surface area contributed by atoms with Gasteiger partial charge in [0.05, 0.1) is 12.5 Å². The molecule has 2 aliphatic rings. The Hall–Kier alpha value is -1.55. The third-order valence-corrected chi connectivity index (χ3v) is 4.26. The van der Waals surface area contributed by atoms with Gasteiger partial charge in [-0.15, -0.1) is 0 Å². The minimum absolute atomic E-state index is 0.110. The summed E-state index contributed by atoms with van der Waals surface area (Å²) in [5, 5.41) is 6.33. The van der Waals surface area contributed by atoms with Gasteiger partial charge in [-0.05, 0) is 44.2 Å². The number of carbonyl (C=O) groups excluding carboxylic acids is 1. The van der Waals surface area contributed by atoms with Crippen molar-refractivity contribution in [2.24, 2.45) is 11.8 Å². The Morgan fingerprint density at radius 3 is 2.90 bits per heavy atom. The second kappa shape index (κ2) is 6.94. The lowest BCUT2D eigenvalue weighted by atomic mass is 9.99. The molecule has 1 aliphatic carbocycles. The summed E-state index contributed by atoms with van der Waals surface area (Å²) in [4.78, 5) is 12.2. The minimum atomic E-state index is 0.110. The van der Waals surface area contributed by atoms with E-state index < -0.39 is 0 Å². The van der Waals surface area contributed by atoms with Crippen molar-refractivity contribution in [3.63, 3.8) is 0 Å². The Morgan fingerprint density at radius 2 is 2.14 bits per heavy atom. The van der Waals surface area contributed by atoms with E-state index in [1.54, 1.807) is 0 Å². The van der Waals surface area contributed by atoms with Gasteiger partial charge in [-0.25, -0.2) is 0 Å². The van der Waals surface area contributed by atoms with E-state index in [1.807, 2.05) is 24.3 Å². The van der Waals surface area contributed by atoms with E-state index in [2.05, 4.69) is 10.6 Å². The molecule has 1 aromatic rings. The van der Waals surface area contributed by atoms with Gasteiger partial charge in [0.1, 0.15) is 5.75 Å². The summed E-state index contributed by atoms with van der Waals surface area (Å²) in [7, 11) is 0. The van der Waals surface area contributed by atoms with E-state index in [4.69, 9.17) is 4.74 Å². The number of benzene rings is 1. The van der Waals surface area contributed by atoms with Crippen molar-refractivity contribution in [2.45, 2.75) is 32.2 Å². The summed E-state index contributed by atoms with van der Waals surface area (Å²) in [5.41, 5.74) is 1.07. The summed E-state index contributed by atoms with van der Waals surface area (Å²) in [6.45, 7) is 3.18. The molecule has 1 atom stereocenters. The first-order valence-electron chi connectivity index (χ1n) is 8.02. The molecule has 1 saturated heterocycles. The molecule has 114 valence electrons. The molecule has 21 heavy (non-hydrogen) atoms. The Balaban J connectivity index is 1.52. The Kier molecular flexibility index (Phi) is 4.76. The van der Waals surface area contributed by atoms with Crippen molar-refractivity contribution in [1.82, 2.24) is 10.6 Å². The number of rotatable bonds is 6. The molecule has 2 N–H and O–H groups in total. The highest BCUT2D eigenvalue weighted by Gasteiger charge is 2.23. The Morgan fingerprint density at radius 1 is 1.29 bits per heavy atom. The normalized spacial score (nSPS) is 21.8. The van der Waals surface area contributed by atoms with Crippen LogP contribution in [0.3, 0.4) is 0 Å². The van der Waals surface area contributed by atoms with E-state index in [0.717, 1.165) is 49.8 Å². The van der Waals surface area contributed by atoms with Crippen LogP contribution in [0.4, 0.5) is 0 Å². The number of para-hydroxylation sites is 1. The molecule has 0 aromatic heterocycles. The summed E-state index contributed by atoms with van der Waals surface area (Å²) in [5.74, 6) is 1.91. The molecule has 1 aromatic carbocycles. The highest BCUT2D eigenvalue weighted by molar-refractivity contribution is 5.79. The van der Waals surface area contributed by atoms with Crippen LogP contribution in [-0.2, 0) is 11.3 Å². The maximum Gasteiger partial charge on any atom is 0.224 e. The third-order valence-electron chi connectivity index (χ3n) is 4.26. The van der Waals surface area contributed by atoms with Crippen LogP contribution < -0.4 is 15.4 Å². The van der Waals surface area contributed by atoms with Crippen LogP contribution in [0, 0.1) is 11.8 Å². The molecule has 4 nitrogen and oxygen atoms in total. The van der Waals surface area contributed by atoms with Crippen molar-refractivity contribution in [1.29, 1.82) is 0 Å². The van der Waals surface area contributed by atoms with E-state index in [1.165, 1.54) is 12.8 Å². The van der Waals surface area contributed by atoms with Crippen molar-refractivity contribution in [2.75, 3.05) is 19.7 Å². The first-order valence-corrected chi connectivity index (χ1v) is 8.02. The van der Waals surface area contributed by atoms with Gasteiger partial charge >= 0.3 is 0 Å². The SMILES string of the molecule is O=C(NCc1ccccc1OCC1CC1)C1CCCNC1. The number of nitrogens with one attached hydrogen (secondary N) is 2. The molecular formula is C17H24N2O2. The van der Waals surface area contributed by atoms with Gasteiger partial charge < -0.3 is 15.4 Å². The zero-order chi connectivity index (χ0) is 14.5. The summed E-state index contributed by atoms with van der Waals surface area (Å²) in [6.07, 6.45) is 4.64. The zero-order valence-corrected chi connectivity index (χ0v) is 12.4. The fourth-order valence-corrected chi connectivity index (χ4v) is 2.69. The highest BCUT2D eigenvalue weighted by atomic mass is 16.5. The smallest absolute Gasteiger partial charge is 0.224 e. The first kappa shape index (κ1) is 14.4. The van der Waals surface area contributed by atoms with E-state index >= 15 is 0 Å². The Bertz CT molecular complexity index is 479. The molecule has 0 bridgehead atoms. The van der Waals surface area contributed by atoms with Crippen LogP contribution in [0.5, 0.6) is 5.75 Å². The number of ether oxygens (including phenoxy) is 1. The number of hydrogen-bond donors (Lipinski definition) is 2. The minimum Gasteiger partial charge on any atom is -0.493 e. The van der Waals surface area contributed by atoms with Gasteiger partial charge in [-0.2, -0.15) is 0 Å². The molecule has 1 saturated carbocycles. The molecule has 0 spiro atoms. The van der Waals surface area contributed by atoms with Gasteiger partial charge in [-0.3, -0.25) is 4.79 Å². The fourth-order valence-electron chi connectivity index (χ4n) is 2.69. The maximum absolute atomic E-state index is 12.2. The average molecular weight is 288 g/mol. The lowest BCUT2D eigenvalue weighted by Gasteiger charge is -2.22. The molecule has 4 heteroatoms. The lowest BCUT2D eigenvalue weighted by molar-refractivity contribution is -0.125. The average Bonchev–Trinajstić information content (AvgIpc) is 3.36. The third kappa shape index (κ3) is 4.21. The topological polar surface area (TPSA) is 50.4 Å². The maximum atomic E-state index is 12.2. The standard InChI is InChI=1S/C17H24N2O2/c20-17(15-5-3-9-18-10-15)19-11-14-4-1-2-6-16(14)21-12-13-7-8-13/h1-2,4,6,13,15,18H,3,5,7-12H2,(H,19,20). The van der Waals surface area contributed by atoms with Crippen LogP contribution in [0.25, 0.3) is 0 Å². The number of hydrogen-bond acceptors (Lipinski definition) is 3. The van der Waals surface area contributed by atoms with Crippen LogP contribution in [0.15, 0.2) is 24.3 Å². The van der Waals surface area contributed by atoms with Crippen molar-refractivity contribution >= 4 is 5.91 Å². The molecule has 3 rings (SSSR count). The number of piperidine rings is 1. The van der Waals surface area contributed by atoms with Crippen LogP contribution in [-0.4, -0.2) is 25.6 Å². The zero-order valence-electron chi connectivity index (χ0n) is 12.4. The van der Waals surface area contributed by atoms with Crippen LogP contribution >= 0.6 is 0 Å². The van der Waals surface area contributed by atoms with Crippen molar-refractivity contribution in [3.05, 3.63) is 29.8 Å². The van der Waals surface area contributed by atoms with Gasteiger partial charge in [0, 0.05) is 18.7 Å². The summed E-state index contributed by atoms with van der Waals surface area (Å²) in [6, 6.07) is 8.00. The fraction of sp³-hybridized carbons (Fsp3) is 0.588. The summed E-state index contributed by atoms with van der Waals surface area (Å²) >= 11 is 0. The quantitative estimate of drug-likeness (QED) is 0.843. The van der Waals surface area contributed by atoms with Crippen molar-refractivity contribution < 1.29 is 9.53 Å². The van der Waals surface area contributed by atoms with E-state index in [-0.39, 0.29) is 11.8 Å². The molecule has 0 radical (unpaired) electrons. The number of carbonyl (C=O) groups is 1. The number of amides is 1. The van der Waals surface area contributed by atoms with Crippen LogP contribution in [0.1, 0.15) is 31.2 Å². The molecule has 2 fully saturated rings. The molecule has 1 amide bonds. The monoisotopic (exact) mass is 288 g/mol. The van der Waals surface area contributed by atoms with E-state index in [0.29, 0.717) is 6.54 Å². The van der Waals surface area contributed by atoms with Crippen LogP contribution in [0.2, 0.25) is 0 Å².